The highest BCUT2D eigenvalue weighted by molar-refractivity contribution is 5.77. The molecule has 2 aromatic carbocycles. The lowest BCUT2D eigenvalue weighted by Crippen LogP contribution is -2.30. The van der Waals surface area contributed by atoms with Crippen molar-refractivity contribution in [3.63, 3.8) is 0 Å². The minimum atomic E-state index is -4.73. The predicted octanol–water partition coefficient (Wildman–Crippen LogP) is 4.66. The molecule has 2 heterocycles. The van der Waals surface area contributed by atoms with Gasteiger partial charge in [0.1, 0.15) is 13.2 Å². The van der Waals surface area contributed by atoms with Gasteiger partial charge in [-0.05, 0) is 11.1 Å². The second kappa shape index (κ2) is 15.5. The Morgan fingerprint density at radius 1 is 0.745 bits per heavy atom. The van der Waals surface area contributed by atoms with Crippen molar-refractivity contribution in [1.29, 1.82) is 0 Å². The third-order valence-corrected chi connectivity index (χ3v) is 5.92. The fraction of sp³-hybridized carbons (Fsp3) is 0.333. The molecule has 0 bridgehead atoms. The maximum Gasteiger partial charge on any atom is 0.471 e. The fourth-order valence-electron chi connectivity index (χ4n) is 3.52. The molecule has 12 nitrogen and oxygen atoms in total. The van der Waals surface area contributed by atoms with Gasteiger partial charge in [0.2, 0.25) is 23.5 Å². The largest absolute Gasteiger partial charge is 0.471 e. The third kappa shape index (κ3) is 10.8. The Bertz CT molecular complexity index is 1610. The fourth-order valence-corrected chi connectivity index (χ4v) is 3.52. The molecule has 0 spiro atoms. The topological polar surface area (TPSA) is 148 Å². The van der Waals surface area contributed by atoms with E-state index in [0.717, 1.165) is 5.56 Å². The summed E-state index contributed by atoms with van der Waals surface area (Å²) in [5.41, 5.74) is 2.01. The number of aromatic nitrogens is 4. The molecule has 0 saturated carbocycles. The van der Waals surface area contributed by atoms with Gasteiger partial charge in [0.15, 0.2) is 0 Å². The number of halogens is 8. The van der Waals surface area contributed by atoms with E-state index in [0.29, 0.717) is 11.1 Å². The minimum Gasteiger partial charge on any atom is -0.387 e. The summed E-state index contributed by atoms with van der Waals surface area (Å²) in [5.74, 6) is -4.32. The Labute approximate surface area is 259 Å². The van der Waals surface area contributed by atoms with Crippen LogP contribution in [0.15, 0.2) is 57.6 Å². The Hall–Kier alpha value is -4.98. The third-order valence-electron chi connectivity index (χ3n) is 5.92. The Morgan fingerprint density at radius 2 is 1.13 bits per heavy atom. The molecule has 2 aromatic heterocycles. The lowest BCUT2D eigenvalue weighted by Gasteiger charge is -2.17. The highest BCUT2D eigenvalue weighted by Gasteiger charge is 2.39. The first-order valence-corrected chi connectivity index (χ1v) is 13.0. The van der Waals surface area contributed by atoms with Gasteiger partial charge in [-0.2, -0.15) is 45.1 Å². The summed E-state index contributed by atoms with van der Waals surface area (Å²) in [4.78, 5) is 31.8. The lowest BCUT2D eigenvalue weighted by atomic mass is 10.1. The number of carbonyl (C=O) groups excluding carboxylic acids is 2. The molecule has 0 aliphatic rings. The summed E-state index contributed by atoms with van der Waals surface area (Å²) < 4.78 is 110. The summed E-state index contributed by atoms with van der Waals surface area (Å²) in [6, 6.07) is 12.3. The first kappa shape index (κ1) is 36.5. The van der Waals surface area contributed by atoms with Crippen LogP contribution in [0.2, 0.25) is 0 Å². The zero-order valence-electron chi connectivity index (χ0n) is 24.2. The van der Waals surface area contributed by atoms with Gasteiger partial charge >= 0.3 is 30.7 Å². The summed E-state index contributed by atoms with van der Waals surface area (Å²) in [6.07, 6.45) is -9.41. The number of likely N-dealkylation sites (N-methyl/N-ethyl adjacent to an activating group) is 2. The number of hydrogen-bond acceptors (Lipinski definition) is 10. The van der Waals surface area contributed by atoms with E-state index in [2.05, 4.69) is 34.1 Å². The Morgan fingerprint density at radius 3 is 1.45 bits per heavy atom. The van der Waals surface area contributed by atoms with Crippen molar-refractivity contribution in [3.05, 3.63) is 71.4 Å². The Kier molecular flexibility index (Phi) is 12.1. The molecule has 0 radical (unpaired) electrons. The summed E-state index contributed by atoms with van der Waals surface area (Å²) in [7, 11) is 2.93. The molecular formula is C27H24F8N6O6. The average Bonchev–Trinajstić information content (AvgIpc) is 3.72. The molecule has 0 aliphatic heterocycles. The van der Waals surface area contributed by atoms with Gasteiger partial charge in [-0.25, -0.2) is 0 Å². The van der Waals surface area contributed by atoms with Crippen LogP contribution in [0.5, 0.6) is 0 Å². The molecule has 47 heavy (non-hydrogen) atoms. The number of ether oxygens (including phenoxy) is 1. The zero-order valence-corrected chi connectivity index (χ0v) is 24.2. The monoisotopic (exact) mass is 680 g/mol. The van der Waals surface area contributed by atoms with Crippen molar-refractivity contribution < 1.29 is 63.6 Å². The van der Waals surface area contributed by atoms with E-state index in [1.807, 2.05) is 0 Å². The number of aliphatic hydroxyl groups excluding tert-OH is 1. The van der Waals surface area contributed by atoms with Crippen LogP contribution in [0.3, 0.4) is 0 Å². The van der Waals surface area contributed by atoms with Crippen LogP contribution in [0, 0.1) is 0 Å². The van der Waals surface area contributed by atoms with Gasteiger partial charge < -0.3 is 28.7 Å². The van der Waals surface area contributed by atoms with Crippen molar-refractivity contribution in [1.82, 2.24) is 30.1 Å². The van der Waals surface area contributed by atoms with Gasteiger partial charge in [-0.15, -0.1) is 0 Å². The quantitative estimate of drug-likeness (QED) is 0.235. The standard InChI is InChI=1S/C14H12F5N3O3.C13H12F3N3O3/c1-22(10(23)7-24-13(15)16)6-8-2-4-9(5-3-8)11-20-12(25-21-11)14(17,18)19;1-19(10(21)7-20)6-8-2-4-9(5-3-8)11-17-12(22-18-11)13(14,15)16/h2-5,13H,6-7H2,1H3;2-5,20H,6-7H2,1H3. The molecule has 2 amide bonds. The van der Waals surface area contributed by atoms with Gasteiger partial charge in [-0.1, -0.05) is 58.8 Å². The highest BCUT2D eigenvalue weighted by Crippen LogP contribution is 2.30. The van der Waals surface area contributed by atoms with Crippen LogP contribution in [0.1, 0.15) is 22.9 Å². The number of alkyl halides is 8. The van der Waals surface area contributed by atoms with E-state index in [9.17, 15) is 44.7 Å². The van der Waals surface area contributed by atoms with Crippen LogP contribution in [0.4, 0.5) is 35.1 Å². The molecule has 254 valence electrons. The van der Waals surface area contributed by atoms with Crippen molar-refractivity contribution in [2.45, 2.75) is 32.1 Å². The molecular weight excluding hydrogens is 656 g/mol. The van der Waals surface area contributed by atoms with Crippen LogP contribution < -0.4 is 0 Å². The van der Waals surface area contributed by atoms with Crippen molar-refractivity contribution in [2.24, 2.45) is 0 Å². The number of rotatable bonds is 10. The second-order valence-electron chi connectivity index (χ2n) is 9.47. The highest BCUT2D eigenvalue weighted by atomic mass is 19.4. The average molecular weight is 681 g/mol. The molecule has 1 N–H and O–H groups in total. The SMILES string of the molecule is CN(Cc1ccc(-c2noc(C(F)(F)F)n2)cc1)C(=O)CO.CN(Cc1ccc(-c2noc(C(F)(F)F)n2)cc1)C(=O)COC(F)F. The summed E-state index contributed by atoms with van der Waals surface area (Å²) in [6.45, 7) is -4.01. The predicted molar refractivity (Wildman–Crippen MR) is 141 cm³/mol. The smallest absolute Gasteiger partial charge is 0.387 e. The lowest BCUT2D eigenvalue weighted by molar-refractivity contribution is -0.160. The summed E-state index contributed by atoms with van der Waals surface area (Å²) in [5, 5.41) is 15.3. The van der Waals surface area contributed by atoms with E-state index in [1.54, 1.807) is 12.1 Å². The molecule has 0 unspecified atom stereocenters. The van der Waals surface area contributed by atoms with Crippen molar-refractivity contribution in [2.75, 3.05) is 27.3 Å². The number of nitrogens with zero attached hydrogens (tertiary/aromatic N) is 6. The number of aliphatic hydroxyl groups is 1. The van der Waals surface area contributed by atoms with Gasteiger partial charge in [0.25, 0.3) is 0 Å². The maximum absolute atomic E-state index is 12.4. The first-order chi connectivity index (χ1) is 22.0. The first-order valence-electron chi connectivity index (χ1n) is 13.0. The Balaban J connectivity index is 0.000000257. The van der Waals surface area contributed by atoms with E-state index in [4.69, 9.17) is 5.11 Å². The molecule has 0 fully saturated rings. The molecule has 4 aromatic rings. The summed E-state index contributed by atoms with van der Waals surface area (Å²) >= 11 is 0. The van der Waals surface area contributed by atoms with Crippen molar-refractivity contribution >= 4 is 11.8 Å². The van der Waals surface area contributed by atoms with Crippen molar-refractivity contribution in [3.8, 4) is 22.8 Å². The van der Waals surface area contributed by atoms with Gasteiger partial charge in [0, 0.05) is 38.3 Å². The van der Waals surface area contributed by atoms with E-state index in [-0.39, 0.29) is 30.3 Å². The molecule has 4 rings (SSSR count). The van der Waals surface area contributed by atoms with Gasteiger partial charge in [0.05, 0.1) is 0 Å². The maximum atomic E-state index is 12.4. The number of carbonyl (C=O) groups is 2. The second-order valence-corrected chi connectivity index (χ2v) is 9.47. The molecule has 0 aliphatic carbocycles. The molecule has 0 saturated heterocycles. The molecule has 0 atom stereocenters. The molecule has 20 heteroatoms. The van der Waals surface area contributed by atoms with Crippen LogP contribution >= 0.6 is 0 Å². The number of benzene rings is 2. The van der Waals surface area contributed by atoms with E-state index >= 15 is 0 Å². The van der Waals surface area contributed by atoms with Gasteiger partial charge in [-0.3, -0.25) is 9.59 Å². The van der Waals surface area contributed by atoms with Crippen LogP contribution in [-0.4, -0.2) is 80.9 Å². The normalized spacial score (nSPS) is 11.7. The number of hydrogen-bond donors (Lipinski definition) is 1. The zero-order chi connectivity index (χ0) is 34.9. The van der Waals surface area contributed by atoms with Crippen LogP contribution in [-0.2, 0) is 39.8 Å². The minimum absolute atomic E-state index is 0.103. The van der Waals surface area contributed by atoms with E-state index < -0.39 is 55.8 Å². The van der Waals surface area contributed by atoms with E-state index in [1.165, 1.54) is 60.3 Å². The van der Waals surface area contributed by atoms with Crippen LogP contribution in [0.25, 0.3) is 22.8 Å². The number of amides is 2.